The predicted molar refractivity (Wildman–Crippen MR) is 116 cm³/mol. The SMILES string of the molecule is COc1ccc(C(CNC(=O)Nc2ccccc2-c2cccs2)N(C)C)cc1. The second-order valence-corrected chi connectivity index (χ2v) is 7.56. The fourth-order valence-electron chi connectivity index (χ4n) is 3.02. The number of para-hydroxylation sites is 1. The van der Waals surface area contributed by atoms with Crippen molar-refractivity contribution in [2.45, 2.75) is 6.04 Å². The third kappa shape index (κ3) is 4.91. The Morgan fingerprint density at radius 2 is 1.82 bits per heavy atom. The Labute approximate surface area is 170 Å². The van der Waals surface area contributed by atoms with Crippen LogP contribution < -0.4 is 15.4 Å². The monoisotopic (exact) mass is 395 g/mol. The summed E-state index contributed by atoms with van der Waals surface area (Å²) in [6.07, 6.45) is 0. The highest BCUT2D eigenvalue weighted by Gasteiger charge is 2.16. The summed E-state index contributed by atoms with van der Waals surface area (Å²) in [6.45, 7) is 0.492. The number of benzene rings is 2. The highest BCUT2D eigenvalue weighted by Crippen LogP contribution is 2.31. The minimum atomic E-state index is -0.218. The lowest BCUT2D eigenvalue weighted by Crippen LogP contribution is -2.37. The summed E-state index contributed by atoms with van der Waals surface area (Å²) in [5, 5.41) is 8.00. The van der Waals surface area contributed by atoms with E-state index in [9.17, 15) is 4.79 Å². The van der Waals surface area contributed by atoms with Gasteiger partial charge >= 0.3 is 6.03 Å². The maximum absolute atomic E-state index is 12.5. The number of anilines is 1. The van der Waals surface area contributed by atoms with Crippen LogP contribution in [0.5, 0.6) is 5.75 Å². The largest absolute Gasteiger partial charge is 0.497 e. The van der Waals surface area contributed by atoms with Crippen LogP contribution in [0.15, 0.2) is 66.0 Å². The summed E-state index contributed by atoms with van der Waals surface area (Å²) in [6, 6.07) is 19.6. The quantitative estimate of drug-likeness (QED) is 0.601. The van der Waals surface area contributed by atoms with E-state index in [-0.39, 0.29) is 12.1 Å². The number of hydrogen-bond donors (Lipinski definition) is 2. The zero-order valence-corrected chi connectivity index (χ0v) is 17.1. The summed E-state index contributed by atoms with van der Waals surface area (Å²) in [5.41, 5.74) is 2.94. The van der Waals surface area contributed by atoms with Crippen LogP contribution in [0.1, 0.15) is 11.6 Å². The Bertz CT molecular complexity index is 892. The van der Waals surface area contributed by atoms with Gasteiger partial charge in [0.1, 0.15) is 5.75 Å². The van der Waals surface area contributed by atoms with Crippen LogP contribution in [0, 0.1) is 0 Å². The summed E-state index contributed by atoms with van der Waals surface area (Å²) < 4.78 is 5.22. The Kier molecular flexibility index (Phi) is 6.68. The molecule has 28 heavy (non-hydrogen) atoms. The molecule has 1 heterocycles. The van der Waals surface area contributed by atoms with Gasteiger partial charge in [-0.05, 0) is 49.3 Å². The van der Waals surface area contributed by atoms with Crippen molar-refractivity contribution in [3.63, 3.8) is 0 Å². The van der Waals surface area contributed by atoms with Gasteiger partial charge < -0.3 is 20.3 Å². The zero-order valence-electron chi connectivity index (χ0n) is 16.3. The molecule has 6 heteroatoms. The molecule has 0 aliphatic carbocycles. The molecule has 0 saturated heterocycles. The molecule has 2 amide bonds. The van der Waals surface area contributed by atoms with Crippen LogP contribution >= 0.6 is 11.3 Å². The summed E-state index contributed by atoms with van der Waals surface area (Å²) in [5.74, 6) is 0.817. The molecule has 2 aromatic carbocycles. The van der Waals surface area contributed by atoms with E-state index in [1.165, 1.54) is 0 Å². The number of hydrogen-bond acceptors (Lipinski definition) is 4. The number of thiophene rings is 1. The summed E-state index contributed by atoms with van der Waals surface area (Å²) in [7, 11) is 5.65. The van der Waals surface area contributed by atoms with E-state index in [2.05, 4.69) is 21.6 Å². The molecule has 1 atom stereocenters. The minimum Gasteiger partial charge on any atom is -0.497 e. The molecule has 2 N–H and O–H groups in total. The molecular formula is C22H25N3O2S. The number of carbonyl (C=O) groups is 1. The van der Waals surface area contributed by atoms with Gasteiger partial charge in [0.25, 0.3) is 0 Å². The van der Waals surface area contributed by atoms with Gasteiger partial charge in [-0.15, -0.1) is 11.3 Å². The van der Waals surface area contributed by atoms with Crippen LogP contribution in [0.3, 0.4) is 0 Å². The molecule has 0 fully saturated rings. The standard InChI is InChI=1S/C22H25N3O2S/c1-25(2)20(16-10-12-17(27-3)13-11-16)15-23-22(26)24-19-8-5-4-7-18(19)21-9-6-14-28-21/h4-14,20H,15H2,1-3H3,(H2,23,24,26). The lowest BCUT2D eigenvalue weighted by atomic mass is 10.1. The summed E-state index contributed by atoms with van der Waals surface area (Å²) in [4.78, 5) is 15.7. The van der Waals surface area contributed by atoms with Crippen molar-refractivity contribution < 1.29 is 9.53 Å². The molecule has 0 aliphatic heterocycles. The van der Waals surface area contributed by atoms with E-state index in [1.54, 1.807) is 18.4 Å². The number of urea groups is 1. The second kappa shape index (κ2) is 9.39. The first-order valence-electron chi connectivity index (χ1n) is 9.06. The highest BCUT2D eigenvalue weighted by atomic mass is 32.1. The first kappa shape index (κ1) is 19.9. The predicted octanol–water partition coefficient (Wildman–Crippen LogP) is 4.85. The third-order valence-corrected chi connectivity index (χ3v) is 5.44. The maximum Gasteiger partial charge on any atom is 0.319 e. The van der Waals surface area contributed by atoms with Gasteiger partial charge in [0.2, 0.25) is 0 Å². The number of amides is 2. The second-order valence-electron chi connectivity index (χ2n) is 6.61. The molecule has 146 valence electrons. The van der Waals surface area contributed by atoms with Crippen molar-refractivity contribution in [2.24, 2.45) is 0 Å². The first-order valence-corrected chi connectivity index (χ1v) is 9.94. The van der Waals surface area contributed by atoms with Crippen LogP contribution in [0.25, 0.3) is 10.4 Å². The third-order valence-electron chi connectivity index (χ3n) is 4.54. The maximum atomic E-state index is 12.5. The number of methoxy groups -OCH3 is 1. The van der Waals surface area contributed by atoms with Gasteiger partial charge in [0.05, 0.1) is 18.8 Å². The van der Waals surface area contributed by atoms with Gasteiger partial charge in [0.15, 0.2) is 0 Å². The topological polar surface area (TPSA) is 53.6 Å². The molecule has 0 spiro atoms. The van der Waals surface area contributed by atoms with E-state index in [1.807, 2.05) is 74.1 Å². The zero-order chi connectivity index (χ0) is 19.9. The van der Waals surface area contributed by atoms with E-state index in [0.717, 1.165) is 27.4 Å². The molecular weight excluding hydrogens is 370 g/mol. The van der Waals surface area contributed by atoms with Crippen molar-refractivity contribution >= 4 is 23.1 Å². The van der Waals surface area contributed by atoms with Crippen molar-refractivity contribution in [3.05, 3.63) is 71.6 Å². The molecule has 0 saturated carbocycles. The number of likely N-dealkylation sites (N-methyl/N-ethyl adjacent to an activating group) is 1. The van der Waals surface area contributed by atoms with Crippen molar-refractivity contribution in [2.75, 3.05) is 33.1 Å². The molecule has 1 aromatic heterocycles. The van der Waals surface area contributed by atoms with Crippen LogP contribution in [-0.4, -0.2) is 38.7 Å². The average Bonchev–Trinajstić information content (AvgIpc) is 3.23. The van der Waals surface area contributed by atoms with Crippen LogP contribution in [-0.2, 0) is 0 Å². The molecule has 3 rings (SSSR count). The van der Waals surface area contributed by atoms with Crippen LogP contribution in [0.4, 0.5) is 10.5 Å². The fraction of sp³-hybridized carbons (Fsp3) is 0.227. The number of carbonyl (C=O) groups excluding carboxylic acids is 1. The van der Waals surface area contributed by atoms with E-state index < -0.39 is 0 Å². The summed E-state index contributed by atoms with van der Waals surface area (Å²) >= 11 is 1.65. The van der Waals surface area contributed by atoms with Crippen molar-refractivity contribution in [3.8, 4) is 16.2 Å². The van der Waals surface area contributed by atoms with E-state index >= 15 is 0 Å². The fourth-order valence-corrected chi connectivity index (χ4v) is 3.79. The molecule has 0 aliphatic rings. The van der Waals surface area contributed by atoms with Gasteiger partial charge in [-0.25, -0.2) is 4.79 Å². The lowest BCUT2D eigenvalue weighted by molar-refractivity contribution is 0.243. The first-order chi connectivity index (χ1) is 13.6. The average molecular weight is 396 g/mol. The van der Waals surface area contributed by atoms with Gasteiger partial charge in [-0.3, -0.25) is 0 Å². The highest BCUT2D eigenvalue weighted by molar-refractivity contribution is 7.13. The number of nitrogens with zero attached hydrogens (tertiary/aromatic N) is 1. The van der Waals surface area contributed by atoms with Gasteiger partial charge in [-0.2, -0.15) is 0 Å². The number of rotatable bonds is 7. The Morgan fingerprint density at radius 1 is 1.07 bits per heavy atom. The molecule has 5 nitrogen and oxygen atoms in total. The van der Waals surface area contributed by atoms with Crippen molar-refractivity contribution in [1.29, 1.82) is 0 Å². The molecule has 3 aromatic rings. The molecule has 0 bridgehead atoms. The number of ether oxygens (including phenoxy) is 1. The van der Waals surface area contributed by atoms with Gasteiger partial charge in [-0.1, -0.05) is 36.4 Å². The number of nitrogens with one attached hydrogen (secondary N) is 2. The Balaban J connectivity index is 1.66. The van der Waals surface area contributed by atoms with E-state index in [0.29, 0.717) is 6.54 Å². The normalized spacial score (nSPS) is 11.9. The van der Waals surface area contributed by atoms with Crippen molar-refractivity contribution in [1.82, 2.24) is 10.2 Å². The lowest BCUT2D eigenvalue weighted by Gasteiger charge is -2.25. The minimum absolute atomic E-state index is 0.0594. The Morgan fingerprint density at radius 3 is 2.46 bits per heavy atom. The van der Waals surface area contributed by atoms with E-state index in [4.69, 9.17) is 4.74 Å². The molecule has 1 unspecified atom stereocenters. The Hall–Kier alpha value is -2.83. The van der Waals surface area contributed by atoms with Crippen LogP contribution in [0.2, 0.25) is 0 Å². The smallest absolute Gasteiger partial charge is 0.319 e. The van der Waals surface area contributed by atoms with Gasteiger partial charge in [0, 0.05) is 17.0 Å². The molecule has 0 radical (unpaired) electrons.